The van der Waals surface area contributed by atoms with Gasteiger partial charge in [0, 0.05) is 0 Å². The van der Waals surface area contributed by atoms with Crippen LogP contribution in [-0.4, -0.2) is 34.6 Å². The van der Waals surface area contributed by atoms with E-state index in [0.29, 0.717) is 0 Å². The van der Waals surface area contributed by atoms with Crippen molar-refractivity contribution >= 4 is 39.9 Å². The smallest absolute Gasteiger partial charge is 0.106 e. The molecule has 2 atom stereocenters. The van der Waals surface area contributed by atoms with E-state index in [9.17, 15) is 0 Å². The Labute approximate surface area is 88.4 Å². The Morgan fingerprint density at radius 1 is 1.36 bits per heavy atom. The van der Waals surface area contributed by atoms with Crippen LogP contribution in [-0.2, 0) is 0 Å². The highest BCUT2D eigenvalue weighted by atomic mass is 79.9. The first kappa shape index (κ1) is 17.9. The van der Waals surface area contributed by atoms with Crippen LogP contribution in [0, 0.1) is 0 Å². The van der Waals surface area contributed by atoms with Gasteiger partial charge in [0.15, 0.2) is 0 Å². The van der Waals surface area contributed by atoms with E-state index in [-0.39, 0.29) is 22.9 Å². The Bertz CT molecular complexity index is 62.8. The van der Waals surface area contributed by atoms with E-state index in [1.807, 2.05) is 25.9 Å². The molecule has 0 saturated carbocycles. The molecule has 0 spiro atoms. The third-order valence-electron chi connectivity index (χ3n) is 0.712. The van der Waals surface area contributed by atoms with Gasteiger partial charge in [-0.25, -0.2) is 0 Å². The molecule has 0 aliphatic carbocycles. The highest BCUT2D eigenvalue weighted by molar-refractivity contribution is 9.09. The van der Waals surface area contributed by atoms with Crippen molar-refractivity contribution < 1.29 is 5.11 Å². The van der Waals surface area contributed by atoms with Crippen molar-refractivity contribution in [3.05, 3.63) is 0 Å². The molecule has 0 rings (SSSR count). The summed E-state index contributed by atoms with van der Waals surface area (Å²) in [6.45, 7) is 3.57. The minimum absolute atomic E-state index is 0. The Hall–Kier alpha value is 0.980. The predicted molar refractivity (Wildman–Crippen MR) is 56.9 cm³/mol. The van der Waals surface area contributed by atoms with Gasteiger partial charge in [0.25, 0.3) is 0 Å². The van der Waals surface area contributed by atoms with Gasteiger partial charge < -0.3 is 5.11 Å². The van der Waals surface area contributed by atoms with Crippen molar-refractivity contribution in [1.82, 2.24) is 4.90 Å². The Morgan fingerprint density at radius 3 is 1.45 bits per heavy atom. The lowest BCUT2D eigenvalue weighted by atomic mass is 10.7. The van der Waals surface area contributed by atoms with Crippen molar-refractivity contribution in [3.63, 3.8) is 0 Å². The van der Waals surface area contributed by atoms with Gasteiger partial charge in [-0.15, -0.1) is 24.0 Å². The number of halogens is 3. The second-order valence-corrected chi connectivity index (χ2v) is 4.07. The third kappa shape index (κ3) is 35.7. The van der Waals surface area contributed by atoms with Crippen LogP contribution in [0.2, 0.25) is 0 Å². The topological polar surface area (TPSA) is 23.5 Å². The van der Waals surface area contributed by atoms with Gasteiger partial charge in [0.05, 0.1) is 5.50 Å². The normalized spacial score (nSPS) is 14.2. The number of nitrogens with zero attached hydrogens (tertiary/aromatic N) is 1. The quantitative estimate of drug-likeness (QED) is 0.583. The third-order valence-corrected chi connectivity index (χ3v) is 1.10. The Balaban J connectivity index is -0.000000114. The standard InChI is InChI=1S/C4H10ClN.C2H5BrO.ClH/c1-4(5)6(2)3;1-2(3)4;/h4H,1-3H3;2,4H,1H3;1H. The minimum atomic E-state index is -0.354. The number of rotatable bonds is 1. The molecule has 0 heterocycles. The van der Waals surface area contributed by atoms with Crippen molar-refractivity contribution in [1.29, 1.82) is 0 Å². The van der Waals surface area contributed by atoms with E-state index in [4.69, 9.17) is 16.7 Å². The van der Waals surface area contributed by atoms with Crippen molar-refractivity contribution in [2.24, 2.45) is 0 Å². The summed E-state index contributed by atoms with van der Waals surface area (Å²) in [4.78, 5) is 1.93. The predicted octanol–water partition coefficient (Wildman–Crippen LogP) is 2.27. The molecule has 11 heavy (non-hydrogen) atoms. The molecule has 0 saturated heterocycles. The average Bonchev–Trinajstić information content (AvgIpc) is 1.63. The van der Waals surface area contributed by atoms with Crippen molar-refractivity contribution in [3.8, 4) is 0 Å². The van der Waals surface area contributed by atoms with Crippen LogP contribution in [0.5, 0.6) is 0 Å². The molecular formula is C6H16BrCl2NO. The molecule has 2 nitrogen and oxygen atoms in total. The summed E-state index contributed by atoms with van der Waals surface area (Å²) in [5.41, 5.74) is 0.157. The van der Waals surface area contributed by atoms with Crippen LogP contribution >= 0.6 is 39.9 Å². The van der Waals surface area contributed by atoms with E-state index in [0.717, 1.165) is 0 Å². The van der Waals surface area contributed by atoms with E-state index >= 15 is 0 Å². The zero-order chi connectivity index (χ0) is 8.73. The van der Waals surface area contributed by atoms with Crippen molar-refractivity contribution in [2.75, 3.05) is 14.1 Å². The molecular weight excluding hydrogens is 253 g/mol. The molecule has 72 valence electrons. The molecule has 0 amide bonds. The average molecular weight is 269 g/mol. The molecule has 0 aromatic carbocycles. The van der Waals surface area contributed by atoms with Crippen LogP contribution in [0.4, 0.5) is 0 Å². The fourth-order valence-electron chi connectivity index (χ4n) is 0. The van der Waals surface area contributed by atoms with Crippen LogP contribution in [0.15, 0.2) is 0 Å². The first-order valence-corrected chi connectivity index (χ1v) is 4.35. The molecule has 0 aliphatic rings. The van der Waals surface area contributed by atoms with Gasteiger partial charge in [-0.2, -0.15) is 0 Å². The monoisotopic (exact) mass is 267 g/mol. The van der Waals surface area contributed by atoms with Gasteiger partial charge in [0.1, 0.15) is 5.01 Å². The fraction of sp³-hybridized carbons (Fsp3) is 1.00. The molecule has 0 radical (unpaired) electrons. The summed E-state index contributed by atoms with van der Waals surface area (Å²) in [5, 5.41) is 7.62. The summed E-state index contributed by atoms with van der Waals surface area (Å²) >= 11 is 8.36. The lowest BCUT2D eigenvalue weighted by molar-refractivity contribution is 0.290. The summed E-state index contributed by atoms with van der Waals surface area (Å²) in [6.07, 6.45) is 0. The first-order valence-electron chi connectivity index (χ1n) is 3.00. The molecule has 1 N–H and O–H groups in total. The van der Waals surface area contributed by atoms with Crippen LogP contribution in [0.25, 0.3) is 0 Å². The van der Waals surface area contributed by atoms with Gasteiger partial charge in [-0.1, -0.05) is 15.9 Å². The van der Waals surface area contributed by atoms with Crippen LogP contribution in [0.3, 0.4) is 0 Å². The van der Waals surface area contributed by atoms with E-state index in [1.54, 1.807) is 6.92 Å². The molecule has 0 aromatic rings. The van der Waals surface area contributed by atoms with Crippen molar-refractivity contribution in [2.45, 2.75) is 24.4 Å². The summed E-state index contributed by atoms with van der Waals surface area (Å²) in [5.74, 6) is 0. The highest BCUT2D eigenvalue weighted by Crippen LogP contribution is 1.93. The van der Waals surface area contributed by atoms with E-state index < -0.39 is 0 Å². The van der Waals surface area contributed by atoms with Gasteiger partial charge in [-0.05, 0) is 27.9 Å². The molecule has 5 heteroatoms. The first-order chi connectivity index (χ1) is 4.37. The zero-order valence-electron chi connectivity index (χ0n) is 7.21. The number of aliphatic hydroxyl groups excluding tert-OH is 1. The van der Waals surface area contributed by atoms with E-state index in [1.165, 1.54) is 0 Å². The summed E-state index contributed by atoms with van der Waals surface area (Å²) < 4.78 is 0. The fourth-order valence-corrected chi connectivity index (χ4v) is 0. The lowest BCUT2D eigenvalue weighted by Gasteiger charge is -2.09. The summed E-state index contributed by atoms with van der Waals surface area (Å²) in [6, 6.07) is 0. The minimum Gasteiger partial charge on any atom is -0.382 e. The second-order valence-electron chi connectivity index (χ2n) is 2.11. The molecule has 0 aliphatic heterocycles. The lowest BCUT2D eigenvalue weighted by Crippen LogP contribution is -2.17. The number of alkyl halides is 2. The maximum absolute atomic E-state index is 7.97. The second kappa shape index (κ2) is 11.0. The maximum atomic E-state index is 7.97. The van der Waals surface area contributed by atoms with Crippen LogP contribution in [0.1, 0.15) is 13.8 Å². The van der Waals surface area contributed by atoms with Gasteiger partial charge in [0.2, 0.25) is 0 Å². The number of aliphatic hydroxyl groups is 1. The van der Waals surface area contributed by atoms with Gasteiger partial charge >= 0.3 is 0 Å². The van der Waals surface area contributed by atoms with Crippen LogP contribution < -0.4 is 0 Å². The highest BCUT2D eigenvalue weighted by Gasteiger charge is 1.93. The molecule has 2 unspecified atom stereocenters. The maximum Gasteiger partial charge on any atom is 0.106 e. The van der Waals surface area contributed by atoms with E-state index in [2.05, 4.69) is 15.9 Å². The largest absolute Gasteiger partial charge is 0.382 e. The molecule has 0 fully saturated rings. The molecule has 0 aromatic heterocycles. The zero-order valence-corrected chi connectivity index (χ0v) is 10.4. The molecule has 0 bridgehead atoms. The SMILES string of the molecule is CC(Cl)N(C)C.CC(O)Br.Cl. The Kier molecular flexibility index (Phi) is 17.9. The van der Waals surface area contributed by atoms with Gasteiger partial charge in [-0.3, -0.25) is 4.90 Å². The number of hydrogen-bond donors (Lipinski definition) is 1. The number of hydrogen-bond acceptors (Lipinski definition) is 2. The Morgan fingerprint density at radius 2 is 1.45 bits per heavy atom. The summed E-state index contributed by atoms with van der Waals surface area (Å²) in [7, 11) is 3.88.